The van der Waals surface area contributed by atoms with Gasteiger partial charge in [-0.05, 0) is 31.2 Å². The second kappa shape index (κ2) is 3.80. The number of methoxy groups -OCH3 is 1. The fourth-order valence-electron chi connectivity index (χ4n) is 2.63. The number of hydrogen-bond donors (Lipinski definition) is 1. The van der Waals surface area contributed by atoms with E-state index in [-0.39, 0.29) is 5.97 Å². The van der Waals surface area contributed by atoms with Crippen LogP contribution >= 0.6 is 11.6 Å². The lowest BCUT2D eigenvalue weighted by Crippen LogP contribution is -2.52. The SMILES string of the molecule is C=C(CCl)C[C@]1(C(=O)OC)NCC2C[C@@H]21. The van der Waals surface area contributed by atoms with Crippen molar-refractivity contribution in [2.24, 2.45) is 11.8 Å². The molecule has 1 saturated carbocycles. The van der Waals surface area contributed by atoms with Gasteiger partial charge >= 0.3 is 5.97 Å². The Morgan fingerprint density at radius 1 is 1.73 bits per heavy atom. The average molecular weight is 230 g/mol. The van der Waals surface area contributed by atoms with E-state index in [1.165, 1.54) is 7.11 Å². The molecule has 0 aromatic carbocycles. The third-order valence-electron chi connectivity index (χ3n) is 3.50. The smallest absolute Gasteiger partial charge is 0.326 e. The van der Waals surface area contributed by atoms with Crippen molar-refractivity contribution >= 4 is 17.6 Å². The van der Waals surface area contributed by atoms with Crippen LogP contribution in [0.25, 0.3) is 0 Å². The molecule has 15 heavy (non-hydrogen) atoms. The Kier molecular flexibility index (Phi) is 2.77. The number of carbonyl (C=O) groups is 1. The highest BCUT2D eigenvalue weighted by atomic mass is 35.5. The number of fused-ring (bicyclic) bond motifs is 1. The third kappa shape index (κ3) is 1.68. The molecule has 3 nitrogen and oxygen atoms in total. The molecular weight excluding hydrogens is 214 g/mol. The molecule has 2 aliphatic rings. The van der Waals surface area contributed by atoms with Gasteiger partial charge in [0.15, 0.2) is 0 Å². The number of hydrogen-bond acceptors (Lipinski definition) is 3. The number of ether oxygens (including phenoxy) is 1. The van der Waals surface area contributed by atoms with Gasteiger partial charge in [-0.1, -0.05) is 12.2 Å². The zero-order valence-corrected chi connectivity index (χ0v) is 9.64. The van der Waals surface area contributed by atoms with E-state index in [0.717, 1.165) is 18.5 Å². The van der Waals surface area contributed by atoms with Gasteiger partial charge in [-0.25, -0.2) is 0 Å². The van der Waals surface area contributed by atoms with E-state index < -0.39 is 5.54 Å². The Morgan fingerprint density at radius 2 is 2.47 bits per heavy atom. The molecule has 0 bridgehead atoms. The first-order chi connectivity index (χ1) is 7.14. The molecule has 1 saturated heterocycles. The summed E-state index contributed by atoms with van der Waals surface area (Å²) in [5, 5.41) is 3.29. The lowest BCUT2D eigenvalue weighted by atomic mass is 9.87. The van der Waals surface area contributed by atoms with Crippen LogP contribution in [0, 0.1) is 11.8 Å². The first kappa shape index (κ1) is 11.0. The minimum atomic E-state index is -0.536. The molecule has 0 amide bonds. The molecule has 2 fully saturated rings. The van der Waals surface area contributed by atoms with Crippen molar-refractivity contribution in [2.45, 2.75) is 18.4 Å². The summed E-state index contributed by atoms with van der Waals surface area (Å²) < 4.78 is 4.89. The van der Waals surface area contributed by atoms with Crippen LogP contribution in [0.5, 0.6) is 0 Å². The van der Waals surface area contributed by atoms with Crippen molar-refractivity contribution in [3.05, 3.63) is 12.2 Å². The molecule has 84 valence electrons. The molecule has 1 aliphatic carbocycles. The van der Waals surface area contributed by atoms with Crippen molar-refractivity contribution in [1.29, 1.82) is 0 Å². The minimum absolute atomic E-state index is 0.168. The summed E-state index contributed by atoms with van der Waals surface area (Å²) in [6, 6.07) is 0. The standard InChI is InChI=1S/C11H16ClNO2/c1-7(5-12)4-11(10(14)15-2)9-3-8(9)6-13-11/h8-9,13H,1,3-6H2,2H3/t8?,9-,11-/m0/s1. The van der Waals surface area contributed by atoms with Gasteiger partial charge in [-0.3, -0.25) is 4.79 Å². The van der Waals surface area contributed by atoms with Crippen LogP contribution < -0.4 is 5.32 Å². The summed E-state index contributed by atoms with van der Waals surface area (Å²) in [5.41, 5.74) is 0.355. The summed E-state index contributed by atoms with van der Waals surface area (Å²) in [7, 11) is 1.44. The highest BCUT2D eigenvalue weighted by Gasteiger charge is 2.62. The normalized spacial score (nSPS) is 37.2. The second-order valence-corrected chi connectivity index (χ2v) is 4.77. The molecule has 4 heteroatoms. The monoisotopic (exact) mass is 229 g/mol. The van der Waals surface area contributed by atoms with Crippen LogP contribution in [0.4, 0.5) is 0 Å². The predicted octanol–water partition coefficient (Wildman–Crippen LogP) is 1.32. The van der Waals surface area contributed by atoms with Crippen molar-refractivity contribution < 1.29 is 9.53 Å². The third-order valence-corrected chi connectivity index (χ3v) is 3.88. The number of alkyl halides is 1. The molecule has 1 N–H and O–H groups in total. The second-order valence-electron chi connectivity index (χ2n) is 4.51. The molecule has 0 radical (unpaired) electrons. The van der Waals surface area contributed by atoms with Gasteiger partial charge in [0.2, 0.25) is 0 Å². The number of piperidine rings is 1. The zero-order valence-electron chi connectivity index (χ0n) is 8.88. The van der Waals surface area contributed by atoms with Crippen LogP contribution in [0.3, 0.4) is 0 Å². The van der Waals surface area contributed by atoms with E-state index in [1.807, 2.05) is 0 Å². The van der Waals surface area contributed by atoms with Crippen LogP contribution in [-0.2, 0) is 9.53 Å². The van der Waals surface area contributed by atoms with E-state index in [4.69, 9.17) is 16.3 Å². The zero-order chi connectivity index (χ0) is 11.1. The molecule has 2 rings (SSSR count). The lowest BCUT2D eigenvalue weighted by Gasteiger charge is -2.29. The van der Waals surface area contributed by atoms with Gasteiger partial charge in [0, 0.05) is 5.88 Å². The average Bonchev–Trinajstić information content (AvgIpc) is 2.96. The summed E-state index contributed by atoms with van der Waals surface area (Å²) in [6.07, 6.45) is 1.72. The fourth-order valence-corrected chi connectivity index (χ4v) is 2.73. The first-order valence-electron chi connectivity index (χ1n) is 5.20. The molecular formula is C11H16ClNO2. The molecule has 1 heterocycles. The van der Waals surface area contributed by atoms with Gasteiger partial charge in [0.25, 0.3) is 0 Å². The molecule has 0 aromatic heterocycles. The molecule has 1 aliphatic heterocycles. The number of nitrogens with one attached hydrogen (secondary N) is 1. The topological polar surface area (TPSA) is 38.3 Å². The number of carbonyl (C=O) groups excluding carboxylic acids is 1. The van der Waals surface area contributed by atoms with Crippen molar-refractivity contribution in [2.75, 3.05) is 19.5 Å². The van der Waals surface area contributed by atoms with Crippen LogP contribution in [0.2, 0.25) is 0 Å². The number of esters is 1. The lowest BCUT2D eigenvalue weighted by molar-refractivity contribution is -0.149. The van der Waals surface area contributed by atoms with E-state index in [9.17, 15) is 4.79 Å². The first-order valence-corrected chi connectivity index (χ1v) is 5.73. The van der Waals surface area contributed by atoms with Gasteiger partial charge in [0.1, 0.15) is 5.54 Å². The molecule has 0 aromatic rings. The summed E-state index contributed by atoms with van der Waals surface area (Å²) in [5.74, 6) is 1.30. The highest BCUT2D eigenvalue weighted by Crippen LogP contribution is 2.53. The Hall–Kier alpha value is -0.540. The maximum atomic E-state index is 11.9. The van der Waals surface area contributed by atoms with E-state index in [2.05, 4.69) is 11.9 Å². The van der Waals surface area contributed by atoms with Gasteiger partial charge in [0.05, 0.1) is 7.11 Å². The van der Waals surface area contributed by atoms with E-state index in [1.54, 1.807) is 0 Å². The van der Waals surface area contributed by atoms with Crippen LogP contribution in [0.1, 0.15) is 12.8 Å². The van der Waals surface area contributed by atoms with Crippen molar-refractivity contribution in [3.63, 3.8) is 0 Å². The Bertz CT molecular complexity index is 305. The van der Waals surface area contributed by atoms with Gasteiger partial charge in [-0.2, -0.15) is 0 Å². The highest BCUT2D eigenvalue weighted by molar-refractivity contribution is 6.19. The van der Waals surface area contributed by atoms with Gasteiger partial charge in [-0.15, -0.1) is 11.6 Å². The molecule has 1 unspecified atom stereocenters. The Morgan fingerprint density at radius 3 is 2.87 bits per heavy atom. The minimum Gasteiger partial charge on any atom is -0.468 e. The maximum Gasteiger partial charge on any atom is 0.326 e. The number of rotatable bonds is 4. The Labute approximate surface area is 94.8 Å². The summed E-state index contributed by atoms with van der Waals surface area (Å²) in [6.45, 7) is 4.78. The number of halogens is 1. The van der Waals surface area contributed by atoms with Gasteiger partial charge < -0.3 is 10.1 Å². The largest absolute Gasteiger partial charge is 0.468 e. The maximum absolute atomic E-state index is 11.9. The Balaban J connectivity index is 2.16. The van der Waals surface area contributed by atoms with E-state index in [0.29, 0.717) is 24.1 Å². The fraction of sp³-hybridized carbons (Fsp3) is 0.727. The van der Waals surface area contributed by atoms with Crippen molar-refractivity contribution in [1.82, 2.24) is 5.32 Å². The molecule has 3 atom stereocenters. The molecule has 0 spiro atoms. The van der Waals surface area contributed by atoms with Crippen LogP contribution in [-0.4, -0.2) is 31.0 Å². The quantitative estimate of drug-likeness (QED) is 0.449. The predicted molar refractivity (Wildman–Crippen MR) is 58.8 cm³/mol. The van der Waals surface area contributed by atoms with Crippen molar-refractivity contribution in [3.8, 4) is 0 Å². The summed E-state index contributed by atoms with van der Waals surface area (Å²) >= 11 is 5.72. The van der Waals surface area contributed by atoms with Crippen LogP contribution in [0.15, 0.2) is 12.2 Å². The summed E-state index contributed by atoms with van der Waals surface area (Å²) in [4.78, 5) is 11.9. The van der Waals surface area contributed by atoms with E-state index >= 15 is 0 Å².